The Kier molecular flexibility index (Phi) is 4.37. The molecule has 1 amide bonds. The summed E-state index contributed by atoms with van der Waals surface area (Å²) in [6.07, 6.45) is 1.57. The van der Waals surface area contributed by atoms with Gasteiger partial charge in [0.2, 0.25) is 5.91 Å². The van der Waals surface area contributed by atoms with Gasteiger partial charge >= 0.3 is 0 Å². The maximum atomic E-state index is 12.3. The highest BCUT2D eigenvalue weighted by Crippen LogP contribution is 2.23. The van der Waals surface area contributed by atoms with Crippen molar-refractivity contribution in [1.82, 2.24) is 15.0 Å². The Labute approximate surface area is 123 Å². The van der Waals surface area contributed by atoms with E-state index in [2.05, 4.69) is 15.6 Å². The van der Waals surface area contributed by atoms with Crippen molar-refractivity contribution in [2.24, 2.45) is 0 Å². The molecule has 2 aromatic rings. The van der Waals surface area contributed by atoms with Crippen molar-refractivity contribution in [1.29, 1.82) is 0 Å². The Morgan fingerprint density at radius 3 is 2.48 bits per heavy atom. The van der Waals surface area contributed by atoms with Crippen LogP contribution in [0.5, 0.6) is 0 Å². The Balaban J connectivity index is 2.18. The maximum absolute atomic E-state index is 12.3. The average Bonchev–Trinajstić information content (AvgIpc) is 2.90. The van der Waals surface area contributed by atoms with E-state index in [0.717, 1.165) is 16.8 Å². The summed E-state index contributed by atoms with van der Waals surface area (Å²) < 4.78 is 1.44. The van der Waals surface area contributed by atoms with Gasteiger partial charge in [0.25, 0.3) is 0 Å². The minimum atomic E-state index is -0.502. The van der Waals surface area contributed by atoms with Crippen molar-refractivity contribution in [3.05, 3.63) is 40.7 Å². The molecule has 0 saturated heterocycles. The van der Waals surface area contributed by atoms with Crippen LogP contribution in [0.15, 0.2) is 18.3 Å². The molecule has 0 fully saturated rings. The molecule has 0 bridgehead atoms. The van der Waals surface area contributed by atoms with Crippen LogP contribution in [0.2, 0.25) is 0 Å². The summed E-state index contributed by atoms with van der Waals surface area (Å²) in [6, 6.07) is 3.57. The number of aromatic nitrogens is 3. The third kappa shape index (κ3) is 3.28. The monoisotopic (exact) mass is 288 g/mol. The van der Waals surface area contributed by atoms with E-state index in [-0.39, 0.29) is 12.5 Å². The van der Waals surface area contributed by atoms with Crippen molar-refractivity contribution in [2.45, 2.75) is 40.3 Å². The Bertz CT molecular complexity index is 640. The third-order valence-corrected chi connectivity index (χ3v) is 3.42. The van der Waals surface area contributed by atoms with Gasteiger partial charge < -0.3 is 10.4 Å². The maximum Gasteiger partial charge on any atom is 0.249 e. The number of carbonyl (C=O) groups is 1. The molecule has 2 N–H and O–H groups in total. The zero-order valence-electron chi connectivity index (χ0n) is 12.7. The van der Waals surface area contributed by atoms with Crippen molar-refractivity contribution in [2.75, 3.05) is 5.32 Å². The van der Waals surface area contributed by atoms with Crippen LogP contribution < -0.4 is 5.32 Å². The second kappa shape index (κ2) is 6.05. The molecule has 1 aromatic heterocycles. The molecule has 1 aromatic carbocycles. The average molecular weight is 288 g/mol. The van der Waals surface area contributed by atoms with Gasteiger partial charge in [-0.25, -0.2) is 4.68 Å². The minimum Gasteiger partial charge on any atom is -0.390 e. The summed E-state index contributed by atoms with van der Waals surface area (Å²) >= 11 is 0. The fourth-order valence-electron chi connectivity index (χ4n) is 2.30. The summed E-state index contributed by atoms with van der Waals surface area (Å²) in [5, 5.41) is 19.6. The Morgan fingerprint density at radius 2 is 1.95 bits per heavy atom. The summed E-state index contributed by atoms with van der Waals surface area (Å²) in [6.45, 7) is 7.52. The smallest absolute Gasteiger partial charge is 0.249 e. The molecule has 1 heterocycles. The minimum absolute atomic E-state index is 0.167. The molecular weight excluding hydrogens is 268 g/mol. The number of anilines is 1. The summed E-state index contributed by atoms with van der Waals surface area (Å²) in [4.78, 5) is 12.3. The molecule has 0 aliphatic rings. The van der Waals surface area contributed by atoms with Crippen LogP contribution in [-0.2, 0) is 11.4 Å². The number of aliphatic hydroxyl groups excluding tert-OH is 1. The zero-order valence-corrected chi connectivity index (χ0v) is 12.7. The molecule has 0 spiro atoms. The van der Waals surface area contributed by atoms with Gasteiger partial charge in [-0.05, 0) is 38.8 Å². The van der Waals surface area contributed by atoms with E-state index >= 15 is 0 Å². The first kappa shape index (κ1) is 15.2. The van der Waals surface area contributed by atoms with Gasteiger partial charge in [0.05, 0.1) is 12.8 Å². The van der Waals surface area contributed by atoms with Crippen LogP contribution in [-0.4, -0.2) is 26.0 Å². The molecule has 0 saturated carbocycles. The number of hydrogen-bond acceptors (Lipinski definition) is 4. The highest BCUT2D eigenvalue weighted by Gasteiger charge is 2.18. The Morgan fingerprint density at radius 1 is 1.33 bits per heavy atom. The molecule has 2 rings (SSSR count). The van der Waals surface area contributed by atoms with Crippen LogP contribution in [0.4, 0.5) is 5.69 Å². The standard InChI is InChI=1S/C15H20N4O2/c1-9-5-10(2)14(11(3)6-9)16-15(21)12(4)19-7-13(8-20)17-18-19/h5-7,12,20H,8H2,1-4H3,(H,16,21). The number of rotatable bonds is 4. The number of aryl methyl sites for hydroxylation is 3. The zero-order chi connectivity index (χ0) is 15.6. The van der Waals surface area contributed by atoms with Crippen LogP contribution in [0.3, 0.4) is 0 Å². The molecule has 112 valence electrons. The van der Waals surface area contributed by atoms with Crippen molar-refractivity contribution < 1.29 is 9.90 Å². The second-order valence-electron chi connectivity index (χ2n) is 5.29. The lowest BCUT2D eigenvalue weighted by Crippen LogP contribution is -2.25. The predicted octanol–water partition coefficient (Wildman–Crippen LogP) is 1.90. The van der Waals surface area contributed by atoms with Crippen LogP contribution in [0.25, 0.3) is 0 Å². The first-order valence-corrected chi connectivity index (χ1v) is 6.82. The van der Waals surface area contributed by atoms with E-state index in [1.807, 2.05) is 32.9 Å². The first-order valence-electron chi connectivity index (χ1n) is 6.82. The first-order chi connectivity index (χ1) is 9.92. The van der Waals surface area contributed by atoms with Gasteiger partial charge in [-0.15, -0.1) is 5.10 Å². The van der Waals surface area contributed by atoms with E-state index in [9.17, 15) is 4.79 Å². The largest absolute Gasteiger partial charge is 0.390 e. The van der Waals surface area contributed by atoms with E-state index in [1.165, 1.54) is 10.2 Å². The normalized spacial score (nSPS) is 12.2. The highest BCUT2D eigenvalue weighted by atomic mass is 16.3. The number of hydrogen-bond donors (Lipinski definition) is 2. The lowest BCUT2D eigenvalue weighted by Gasteiger charge is -2.16. The van der Waals surface area contributed by atoms with Crippen LogP contribution >= 0.6 is 0 Å². The van der Waals surface area contributed by atoms with Gasteiger partial charge in [-0.2, -0.15) is 0 Å². The molecular formula is C15H20N4O2. The number of nitrogens with one attached hydrogen (secondary N) is 1. The topological polar surface area (TPSA) is 80.0 Å². The number of carbonyl (C=O) groups excluding carboxylic acids is 1. The molecule has 6 nitrogen and oxygen atoms in total. The van der Waals surface area contributed by atoms with Crippen LogP contribution in [0.1, 0.15) is 35.3 Å². The third-order valence-electron chi connectivity index (χ3n) is 3.42. The SMILES string of the molecule is Cc1cc(C)c(NC(=O)C(C)n2cc(CO)nn2)c(C)c1. The fourth-order valence-corrected chi connectivity index (χ4v) is 2.30. The van der Waals surface area contributed by atoms with Gasteiger partial charge in [0.15, 0.2) is 0 Å². The molecule has 1 unspecified atom stereocenters. The van der Waals surface area contributed by atoms with Crippen LogP contribution in [0, 0.1) is 20.8 Å². The van der Waals surface area contributed by atoms with Crippen molar-refractivity contribution in [3.63, 3.8) is 0 Å². The molecule has 21 heavy (non-hydrogen) atoms. The van der Waals surface area contributed by atoms with Gasteiger partial charge in [0, 0.05) is 5.69 Å². The number of nitrogens with zero attached hydrogens (tertiary/aromatic N) is 3. The highest BCUT2D eigenvalue weighted by molar-refractivity contribution is 5.94. The van der Waals surface area contributed by atoms with E-state index in [1.54, 1.807) is 13.1 Å². The summed E-state index contributed by atoms with van der Waals surface area (Å²) in [5.74, 6) is -0.167. The van der Waals surface area contributed by atoms with E-state index in [4.69, 9.17) is 5.11 Å². The number of amides is 1. The van der Waals surface area contributed by atoms with Crippen molar-refractivity contribution in [3.8, 4) is 0 Å². The fraction of sp³-hybridized carbons (Fsp3) is 0.400. The summed E-state index contributed by atoms with van der Waals surface area (Å²) in [7, 11) is 0. The van der Waals surface area contributed by atoms with Crippen molar-refractivity contribution >= 4 is 11.6 Å². The van der Waals surface area contributed by atoms with E-state index in [0.29, 0.717) is 5.69 Å². The molecule has 0 aliphatic carbocycles. The summed E-state index contributed by atoms with van der Waals surface area (Å²) in [5.41, 5.74) is 4.50. The second-order valence-corrected chi connectivity index (χ2v) is 5.29. The number of benzene rings is 1. The lowest BCUT2D eigenvalue weighted by atomic mass is 10.0. The predicted molar refractivity (Wildman–Crippen MR) is 79.9 cm³/mol. The molecule has 0 aliphatic heterocycles. The number of aliphatic hydroxyl groups is 1. The molecule has 1 atom stereocenters. The molecule has 0 radical (unpaired) electrons. The van der Waals surface area contributed by atoms with E-state index < -0.39 is 6.04 Å². The van der Waals surface area contributed by atoms with Gasteiger partial charge in [0.1, 0.15) is 11.7 Å². The Hall–Kier alpha value is -2.21. The quantitative estimate of drug-likeness (QED) is 0.900. The molecule has 6 heteroatoms. The van der Waals surface area contributed by atoms with Gasteiger partial charge in [-0.3, -0.25) is 4.79 Å². The van der Waals surface area contributed by atoms with Gasteiger partial charge in [-0.1, -0.05) is 22.9 Å². The lowest BCUT2D eigenvalue weighted by molar-refractivity contribution is -0.119.